The second-order valence-corrected chi connectivity index (χ2v) is 5.27. The molecule has 0 fully saturated rings. The zero-order valence-electron chi connectivity index (χ0n) is 12.9. The number of aromatic amines is 1. The first kappa shape index (κ1) is 15.7. The van der Waals surface area contributed by atoms with E-state index in [4.69, 9.17) is 4.74 Å². The van der Waals surface area contributed by atoms with Crippen molar-refractivity contribution < 1.29 is 13.9 Å². The summed E-state index contributed by atoms with van der Waals surface area (Å²) in [5.74, 6) is -0.262. The number of carbonyl (C=O) groups is 1. The van der Waals surface area contributed by atoms with Gasteiger partial charge in [-0.2, -0.15) is 0 Å². The van der Waals surface area contributed by atoms with E-state index in [1.807, 2.05) is 0 Å². The number of methoxy groups -OCH3 is 1. The highest BCUT2D eigenvalue weighted by Gasteiger charge is 2.09. The van der Waals surface area contributed by atoms with Gasteiger partial charge in [-0.3, -0.25) is 9.59 Å². The van der Waals surface area contributed by atoms with Crippen molar-refractivity contribution in [3.63, 3.8) is 0 Å². The molecule has 0 atom stereocenters. The Kier molecular flexibility index (Phi) is 4.29. The van der Waals surface area contributed by atoms with E-state index in [-0.39, 0.29) is 17.7 Å². The number of nitrogens with one attached hydrogen (secondary N) is 2. The van der Waals surface area contributed by atoms with E-state index >= 15 is 0 Å². The molecule has 2 aromatic carbocycles. The number of carbonyl (C=O) groups excluding carboxylic acids is 1. The van der Waals surface area contributed by atoms with E-state index < -0.39 is 11.7 Å². The molecule has 0 bridgehead atoms. The number of halogens is 1. The zero-order valence-corrected chi connectivity index (χ0v) is 12.9. The minimum Gasteiger partial charge on any atom is -0.497 e. The van der Waals surface area contributed by atoms with Crippen molar-refractivity contribution in [2.45, 2.75) is 6.54 Å². The van der Waals surface area contributed by atoms with Crippen LogP contribution in [-0.2, 0) is 6.54 Å². The van der Waals surface area contributed by atoms with E-state index in [9.17, 15) is 14.0 Å². The smallest absolute Gasteiger partial charge is 0.253 e. The van der Waals surface area contributed by atoms with Crippen LogP contribution in [0.15, 0.2) is 53.3 Å². The summed E-state index contributed by atoms with van der Waals surface area (Å²) < 4.78 is 18.3. The molecule has 0 radical (unpaired) electrons. The van der Waals surface area contributed by atoms with Gasteiger partial charge in [-0.1, -0.05) is 6.07 Å². The quantitative estimate of drug-likeness (QED) is 0.774. The second-order valence-electron chi connectivity index (χ2n) is 5.27. The third-order valence-corrected chi connectivity index (χ3v) is 3.65. The molecule has 0 unspecified atom stereocenters. The van der Waals surface area contributed by atoms with Crippen LogP contribution < -0.4 is 15.6 Å². The highest BCUT2D eigenvalue weighted by Crippen LogP contribution is 2.18. The molecule has 2 N–H and O–H groups in total. The highest BCUT2D eigenvalue weighted by molar-refractivity contribution is 5.94. The molecule has 0 saturated heterocycles. The van der Waals surface area contributed by atoms with E-state index in [2.05, 4.69) is 10.3 Å². The Balaban J connectivity index is 1.83. The lowest BCUT2D eigenvalue weighted by Crippen LogP contribution is -2.26. The van der Waals surface area contributed by atoms with E-state index in [1.165, 1.54) is 18.2 Å². The van der Waals surface area contributed by atoms with Gasteiger partial charge < -0.3 is 15.0 Å². The summed E-state index contributed by atoms with van der Waals surface area (Å²) in [5.41, 5.74) is 1.00. The number of pyridine rings is 1. The lowest BCUT2D eigenvalue weighted by molar-refractivity contribution is 0.0950. The molecule has 24 heavy (non-hydrogen) atoms. The van der Waals surface area contributed by atoms with Gasteiger partial charge in [0.25, 0.3) is 11.5 Å². The zero-order chi connectivity index (χ0) is 17.1. The summed E-state index contributed by atoms with van der Waals surface area (Å²) in [6.45, 7) is 0.0395. The molecule has 6 heteroatoms. The first-order chi connectivity index (χ1) is 11.6. The number of amides is 1. The molecule has 1 amide bonds. The molecule has 5 nitrogen and oxygen atoms in total. The van der Waals surface area contributed by atoms with Crippen molar-refractivity contribution in [1.82, 2.24) is 10.3 Å². The van der Waals surface area contributed by atoms with Gasteiger partial charge in [-0.25, -0.2) is 4.39 Å². The minimum atomic E-state index is -0.488. The van der Waals surface area contributed by atoms with Gasteiger partial charge in [-0.05, 0) is 42.5 Å². The Morgan fingerprint density at radius 3 is 2.79 bits per heavy atom. The maximum absolute atomic E-state index is 13.2. The lowest BCUT2D eigenvalue weighted by atomic mass is 10.1. The number of ether oxygens (including phenoxy) is 1. The van der Waals surface area contributed by atoms with Crippen LogP contribution in [0.2, 0.25) is 0 Å². The van der Waals surface area contributed by atoms with E-state index in [0.29, 0.717) is 16.8 Å². The van der Waals surface area contributed by atoms with Crippen LogP contribution in [0.3, 0.4) is 0 Å². The largest absolute Gasteiger partial charge is 0.497 e. The van der Waals surface area contributed by atoms with Gasteiger partial charge in [0.15, 0.2) is 0 Å². The van der Waals surface area contributed by atoms with Crippen molar-refractivity contribution >= 4 is 16.8 Å². The van der Waals surface area contributed by atoms with E-state index in [1.54, 1.807) is 31.4 Å². The molecule has 0 aliphatic rings. The van der Waals surface area contributed by atoms with Crippen LogP contribution in [0.4, 0.5) is 4.39 Å². The first-order valence-electron chi connectivity index (χ1n) is 7.30. The van der Waals surface area contributed by atoms with Crippen molar-refractivity contribution in [3.8, 4) is 5.75 Å². The Labute approximate surface area is 137 Å². The van der Waals surface area contributed by atoms with Gasteiger partial charge in [0.2, 0.25) is 0 Å². The number of H-pyrrole nitrogens is 1. The van der Waals surface area contributed by atoms with Crippen LogP contribution in [0, 0.1) is 5.82 Å². The molecule has 122 valence electrons. The van der Waals surface area contributed by atoms with Crippen molar-refractivity contribution in [1.29, 1.82) is 0 Å². The summed E-state index contributed by atoms with van der Waals surface area (Å²) in [6, 6.07) is 12.4. The number of benzene rings is 2. The lowest BCUT2D eigenvalue weighted by Gasteiger charge is -2.07. The third-order valence-electron chi connectivity index (χ3n) is 3.65. The van der Waals surface area contributed by atoms with Crippen molar-refractivity contribution in [2.75, 3.05) is 7.11 Å². The van der Waals surface area contributed by atoms with Crippen molar-refractivity contribution in [3.05, 3.63) is 75.8 Å². The fourth-order valence-electron chi connectivity index (χ4n) is 2.40. The molecule has 0 spiro atoms. The molecular formula is C18H15FN2O3. The van der Waals surface area contributed by atoms with Crippen LogP contribution in [0.5, 0.6) is 5.75 Å². The average molecular weight is 326 g/mol. The SMILES string of the molecule is COc1ccc2[nH]c(=O)c(CNC(=O)c3cccc(F)c3)cc2c1. The summed E-state index contributed by atoms with van der Waals surface area (Å²) in [4.78, 5) is 26.9. The Bertz CT molecular complexity index is 966. The predicted octanol–water partition coefficient (Wildman–Crippen LogP) is 2.61. The third kappa shape index (κ3) is 3.27. The molecule has 3 aromatic rings. The number of hydrogen-bond donors (Lipinski definition) is 2. The molecule has 0 saturated carbocycles. The molecule has 0 aliphatic heterocycles. The summed E-state index contributed by atoms with van der Waals surface area (Å²) in [6.07, 6.45) is 0. The molecular weight excluding hydrogens is 311 g/mol. The number of hydrogen-bond acceptors (Lipinski definition) is 3. The van der Waals surface area contributed by atoms with Crippen LogP contribution >= 0.6 is 0 Å². The van der Waals surface area contributed by atoms with Crippen LogP contribution in [0.25, 0.3) is 10.9 Å². The van der Waals surface area contributed by atoms with Gasteiger partial charge in [0.1, 0.15) is 11.6 Å². The van der Waals surface area contributed by atoms with Gasteiger partial charge >= 0.3 is 0 Å². The molecule has 3 rings (SSSR count). The molecule has 1 aromatic heterocycles. The van der Waals surface area contributed by atoms with Crippen LogP contribution in [-0.4, -0.2) is 18.0 Å². The molecule has 0 aliphatic carbocycles. The van der Waals surface area contributed by atoms with Crippen LogP contribution in [0.1, 0.15) is 15.9 Å². The number of aromatic nitrogens is 1. The highest BCUT2D eigenvalue weighted by atomic mass is 19.1. The van der Waals surface area contributed by atoms with Gasteiger partial charge in [0.05, 0.1) is 7.11 Å². The minimum absolute atomic E-state index is 0.0395. The average Bonchev–Trinajstić information content (AvgIpc) is 2.59. The van der Waals surface area contributed by atoms with Gasteiger partial charge in [0, 0.05) is 28.6 Å². The Morgan fingerprint density at radius 1 is 1.21 bits per heavy atom. The topological polar surface area (TPSA) is 71.2 Å². The standard InChI is InChI=1S/C18H15FN2O3/c1-24-15-5-6-16-12(9-15)7-13(18(23)21-16)10-20-17(22)11-3-2-4-14(19)8-11/h2-9H,10H2,1H3,(H,20,22)(H,21,23). The fourth-order valence-corrected chi connectivity index (χ4v) is 2.40. The van der Waals surface area contributed by atoms with Gasteiger partial charge in [-0.15, -0.1) is 0 Å². The maximum atomic E-state index is 13.2. The summed E-state index contributed by atoms with van der Waals surface area (Å²) >= 11 is 0. The predicted molar refractivity (Wildman–Crippen MR) is 88.7 cm³/mol. The normalized spacial score (nSPS) is 10.6. The number of rotatable bonds is 4. The maximum Gasteiger partial charge on any atom is 0.253 e. The first-order valence-corrected chi connectivity index (χ1v) is 7.30. The monoisotopic (exact) mass is 326 g/mol. The summed E-state index contributed by atoms with van der Waals surface area (Å²) in [5, 5.41) is 3.42. The van der Waals surface area contributed by atoms with Crippen molar-refractivity contribution in [2.24, 2.45) is 0 Å². The second kappa shape index (κ2) is 6.54. The summed E-state index contributed by atoms with van der Waals surface area (Å²) in [7, 11) is 1.56. The molecule has 1 heterocycles. The van der Waals surface area contributed by atoms with E-state index in [0.717, 1.165) is 11.5 Å². The Hall–Kier alpha value is -3.15. The fraction of sp³-hybridized carbons (Fsp3) is 0.111. The Morgan fingerprint density at radius 2 is 2.04 bits per heavy atom. The number of fused-ring (bicyclic) bond motifs is 1.